The third kappa shape index (κ3) is 3.93. The van der Waals surface area contributed by atoms with E-state index in [9.17, 15) is 4.39 Å². The first kappa shape index (κ1) is 15.3. The van der Waals surface area contributed by atoms with Crippen LogP contribution in [-0.2, 0) is 11.3 Å². The second-order valence-electron chi connectivity index (χ2n) is 5.64. The number of anilines is 1. The number of halogens is 1. The Balaban J connectivity index is 2.13. The minimum Gasteiger partial charge on any atom is -0.375 e. The zero-order valence-electron chi connectivity index (χ0n) is 12.7. The molecule has 0 spiro atoms. The molecule has 20 heavy (non-hydrogen) atoms. The van der Waals surface area contributed by atoms with E-state index in [-0.39, 0.29) is 18.0 Å². The standard InChI is InChI=1S/C16H25FN2O/c1-4-5-18-9-14-6-15(17)8-16(7-14)19-10-13(3)20-11-12(19)2/h6-8,12-13,18H,4-5,9-11H2,1-3H3. The Labute approximate surface area is 121 Å². The molecule has 3 nitrogen and oxygen atoms in total. The monoisotopic (exact) mass is 280 g/mol. The molecular weight excluding hydrogens is 255 g/mol. The molecule has 112 valence electrons. The first-order valence-corrected chi connectivity index (χ1v) is 7.48. The lowest BCUT2D eigenvalue weighted by Crippen LogP contribution is -2.47. The predicted molar refractivity (Wildman–Crippen MR) is 80.6 cm³/mol. The van der Waals surface area contributed by atoms with Gasteiger partial charge in [-0.2, -0.15) is 0 Å². The Kier molecular flexibility index (Phi) is 5.38. The van der Waals surface area contributed by atoms with Gasteiger partial charge in [-0.05, 0) is 50.6 Å². The van der Waals surface area contributed by atoms with Gasteiger partial charge in [0.25, 0.3) is 0 Å². The minimum atomic E-state index is -0.165. The predicted octanol–water partition coefficient (Wildman–Crippen LogP) is 2.94. The average Bonchev–Trinajstić information content (AvgIpc) is 2.41. The zero-order chi connectivity index (χ0) is 14.5. The van der Waals surface area contributed by atoms with Crippen LogP contribution in [0.15, 0.2) is 18.2 Å². The lowest BCUT2D eigenvalue weighted by atomic mass is 10.1. The molecule has 1 aliphatic rings. The van der Waals surface area contributed by atoms with Gasteiger partial charge < -0.3 is 15.0 Å². The molecule has 1 fully saturated rings. The van der Waals surface area contributed by atoms with Gasteiger partial charge in [0.1, 0.15) is 5.82 Å². The number of rotatable bonds is 5. The van der Waals surface area contributed by atoms with E-state index in [0.29, 0.717) is 13.2 Å². The Morgan fingerprint density at radius 3 is 2.90 bits per heavy atom. The van der Waals surface area contributed by atoms with Crippen LogP contribution in [0.2, 0.25) is 0 Å². The second kappa shape index (κ2) is 7.04. The maximum Gasteiger partial charge on any atom is 0.125 e. The van der Waals surface area contributed by atoms with Crippen LogP contribution >= 0.6 is 0 Å². The maximum absolute atomic E-state index is 13.8. The summed E-state index contributed by atoms with van der Waals surface area (Å²) in [4.78, 5) is 2.24. The van der Waals surface area contributed by atoms with Crippen LogP contribution in [0.25, 0.3) is 0 Å². The van der Waals surface area contributed by atoms with Crippen molar-refractivity contribution in [1.29, 1.82) is 0 Å². The van der Waals surface area contributed by atoms with Crippen molar-refractivity contribution in [3.63, 3.8) is 0 Å². The largest absolute Gasteiger partial charge is 0.375 e. The van der Waals surface area contributed by atoms with Crippen molar-refractivity contribution < 1.29 is 9.13 Å². The SMILES string of the molecule is CCCNCc1cc(F)cc(N2CC(C)OCC2C)c1. The molecule has 2 rings (SSSR count). The molecule has 1 heterocycles. The van der Waals surface area contributed by atoms with Gasteiger partial charge >= 0.3 is 0 Å². The summed E-state index contributed by atoms with van der Waals surface area (Å²) in [7, 11) is 0. The van der Waals surface area contributed by atoms with Crippen LogP contribution < -0.4 is 10.2 Å². The fraction of sp³-hybridized carbons (Fsp3) is 0.625. The summed E-state index contributed by atoms with van der Waals surface area (Å²) in [5, 5.41) is 3.32. The Morgan fingerprint density at radius 1 is 1.35 bits per heavy atom. The highest BCUT2D eigenvalue weighted by Crippen LogP contribution is 2.24. The van der Waals surface area contributed by atoms with Crippen molar-refractivity contribution in [2.45, 2.75) is 45.9 Å². The topological polar surface area (TPSA) is 24.5 Å². The number of benzene rings is 1. The van der Waals surface area contributed by atoms with Crippen LogP contribution in [0.3, 0.4) is 0 Å². The molecule has 2 atom stereocenters. The normalized spacial score (nSPS) is 23.1. The van der Waals surface area contributed by atoms with E-state index in [1.807, 2.05) is 0 Å². The molecule has 0 aromatic heterocycles. The summed E-state index contributed by atoms with van der Waals surface area (Å²) in [6.07, 6.45) is 1.27. The summed E-state index contributed by atoms with van der Waals surface area (Å²) in [5.74, 6) is -0.165. The minimum absolute atomic E-state index is 0.165. The number of nitrogens with one attached hydrogen (secondary N) is 1. The molecule has 0 radical (unpaired) electrons. The quantitative estimate of drug-likeness (QED) is 0.839. The summed E-state index contributed by atoms with van der Waals surface area (Å²) in [6, 6.07) is 5.60. The molecule has 0 saturated carbocycles. The molecule has 1 N–H and O–H groups in total. The number of hydrogen-bond donors (Lipinski definition) is 1. The maximum atomic E-state index is 13.8. The average molecular weight is 280 g/mol. The van der Waals surface area contributed by atoms with Crippen LogP contribution in [-0.4, -0.2) is 31.8 Å². The molecule has 1 saturated heterocycles. The summed E-state index contributed by atoms with van der Waals surface area (Å²) in [6.45, 7) is 9.48. The van der Waals surface area contributed by atoms with Gasteiger partial charge in [-0.3, -0.25) is 0 Å². The first-order chi connectivity index (χ1) is 9.60. The first-order valence-electron chi connectivity index (χ1n) is 7.48. The second-order valence-corrected chi connectivity index (χ2v) is 5.64. The Morgan fingerprint density at radius 2 is 2.15 bits per heavy atom. The van der Waals surface area contributed by atoms with Crippen LogP contribution in [0.5, 0.6) is 0 Å². The van der Waals surface area contributed by atoms with E-state index in [2.05, 4.69) is 37.1 Å². The molecule has 0 amide bonds. The van der Waals surface area contributed by atoms with Gasteiger partial charge in [-0.25, -0.2) is 4.39 Å². The summed E-state index contributed by atoms with van der Waals surface area (Å²) in [5.41, 5.74) is 1.96. The van der Waals surface area contributed by atoms with Crippen LogP contribution in [0.4, 0.5) is 10.1 Å². The summed E-state index contributed by atoms with van der Waals surface area (Å²) < 4.78 is 19.5. The molecular formula is C16H25FN2O. The zero-order valence-corrected chi connectivity index (χ0v) is 12.7. The number of morpholine rings is 1. The highest BCUT2D eigenvalue weighted by atomic mass is 19.1. The van der Waals surface area contributed by atoms with Crippen molar-refractivity contribution in [2.75, 3.05) is 24.6 Å². The number of ether oxygens (including phenoxy) is 1. The third-order valence-electron chi connectivity index (χ3n) is 3.64. The highest BCUT2D eigenvalue weighted by Gasteiger charge is 2.24. The van der Waals surface area contributed by atoms with Gasteiger partial charge in [0.15, 0.2) is 0 Å². The van der Waals surface area contributed by atoms with E-state index in [0.717, 1.165) is 30.8 Å². The van der Waals surface area contributed by atoms with Crippen molar-refractivity contribution in [2.24, 2.45) is 0 Å². The highest BCUT2D eigenvalue weighted by molar-refractivity contribution is 5.50. The molecule has 1 aromatic rings. The third-order valence-corrected chi connectivity index (χ3v) is 3.64. The molecule has 0 aliphatic carbocycles. The van der Waals surface area contributed by atoms with Crippen LogP contribution in [0, 0.1) is 5.82 Å². The Bertz CT molecular complexity index is 438. The van der Waals surface area contributed by atoms with Gasteiger partial charge in [-0.15, -0.1) is 0 Å². The van der Waals surface area contributed by atoms with E-state index < -0.39 is 0 Å². The lowest BCUT2D eigenvalue weighted by molar-refractivity contribution is 0.0343. The number of hydrogen-bond acceptors (Lipinski definition) is 3. The fourth-order valence-electron chi connectivity index (χ4n) is 2.57. The van der Waals surface area contributed by atoms with Crippen molar-refractivity contribution in [1.82, 2.24) is 5.32 Å². The Hall–Kier alpha value is -1.13. The van der Waals surface area contributed by atoms with Crippen molar-refractivity contribution in [3.8, 4) is 0 Å². The van der Waals surface area contributed by atoms with E-state index in [1.54, 1.807) is 12.1 Å². The molecule has 4 heteroatoms. The lowest BCUT2D eigenvalue weighted by Gasteiger charge is -2.38. The molecule has 0 bridgehead atoms. The molecule has 1 aliphatic heterocycles. The summed E-state index contributed by atoms with van der Waals surface area (Å²) >= 11 is 0. The van der Waals surface area contributed by atoms with Crippen molar-refractivity contribution in [3.05, 3.63) is 29.6 Å². The fourth-order valence-corrected chi connectivity index (χ4v) is 2.57. The van der Waals surface area contributed by atoms with Gasteiger partial charge in [-0.1, -0.05) is 6.92 Å². The van der Waals surface area contributed by atoms with Crippen LogP contribution in [0.1, 0.15) is 32.8 Å². The number of nitrogens with zero attached hydrogens (tertiary/aromatic N) is 1. The molecule has 1 aromatic carbocycles. The van der Waals surface area contributed by atoms with Gasteiger partial charge in [0.2, 0.25) is 0 Å². The van der Waals surface area contributed by atoms with Gasteiger partial charge in [0.05, 0.1) is 12.7 Å². The smallest absolute Gasteiger partial charge is 0.125 e. The van der Waals surface area contributed by atoms with E-state index in [4.69, 9.17) is 4.74 Å². The van der Waals surface area contributed by atoms with Crippen molar-refractivity contribution >= 4 is 5.69 Å². The molecule has 2 unspecified atom stereocenters. The van der Waals surface area contributed by atoms with Gasteiger partial charge in [0, 0.05) is 24.8 Å². The van der Waals surface area contributed by atoms with E-state index >= 15 is 0 Å². The van der Waals surface area contributed by atoms with E-state index in [1.165, 1.54) is 0 Å².